The van der Waals surface area contributed by atoms with E-state index in [4.69, 9.17) is 4.74 Å². The van der Waals surface area contributed by atoms with Crippen LogP contribution in [0, 0.1) is 17.7 Å². The van der Waals surface area contributed by atoms with Gasteiger partial charge in [0.15, 0.2) is 11.6 Å². The van der Waals surface area contributed by atoms with Crippen LogP contribution >= 0.6 is 0 Å². The van der Waals surface area contributed by atoms with E-state index in [0.29, 0.717) is 30.7 Å². The number of hydrogen-bond acceptors (Lipinski definition) is 5. The van der Waals surface area contributed by atoms with Crippen molar-refractivity contribution in [2.24, 2.45) is 11.8 Å². The van der Waals surface area contributed by atoms with Crippen LogP contribution in [0.5, 0.6) is 5.75 Å². The monoisotopic (exact) mass is 450 g/mol. The van der Waals surface area contributed by atoms with E-state index in [0.717, 1.165) is 44.2 Å². The predicted molar refractivity (Wildman–Crippen MR) is 124 cm³/mol. The summed E-state index contributed by atoms with van der Waals surface area (Å²) in [5, 5.41) is 2.28. The number of amides is 3. The molecule has 1 heterocycles. The fourth-order valence-corrected chi connectivity index (χ4v) is 3.79. The number of carbonyl (C=O) groups is 2. The van der Waals surface area contributed by atoms with Crippen LogP contribution < -0.4 is 20.9 Å². The molecule has 1 aliphatic rings. The quantitative estimate of drug-likeness (QED) is 0.212. The van der Waals surface area contributed by atoms with Crippen molar-refractivity contribution in [3.05, 3.63) is 29.6 Å². The minimum atomic E-state index is -0.332. The molecule has 1 aromatic carbocycles. The molecule has 0 radical (unpaired) electrons. The van der Waals surface area contributed by atoms with Gasteiger partial charge in [0.05, 0.1) is 6.61 Å². The summed E-state index contributed by atoms with van der Waals surface area (Å²) in [4.78, 5) is 24.2. The van der Waals surface area contributed by atoms with Gasteiger partial charge in [-0.05, 0) is 55.7 Å². The van der Waals surface area contributed by atoms with Gasteiger partial charge < -0.3 is 9.64 Å². The van der Waals surface area contributed by atoms with Gasteiger partial charge in [0.1, 0.15) is 6.54 Å². The Hall–Kier alpha value is -2.19. The van der Waals surface area contributed by atoms with Crippen molar-refractivity contribution >= 4 is 11.9 Å². The van der Waals surface area contributed by atoms with Crippen LogP contribution in [0.2, 0.25) is 0 Å². The molecule has 2 rings (SSSR count). The number of nitrogens with zero attached hydrogens (tertiary/aromatic N) is 1. The molecule has 32 heavy (non-hydrogen) atoms. The molecule has 0 aliphatic carbocycles. The number of halogens is 1. The summed E-state index contributed by atoms with van der Waals surface area (Å²) in [6.45, 7) is 10.6. The van der Waals surface area contributed by atoms with Gasteiger partial charge >= 0.3 is 6.03 Å². The maximum absolute atomic E-state index is 14.2. The van der Waals surface area contributed by atoms with E-state index >= 15 is 0 Å². The highest BCUT2D eigenvalue weighted by molar-refractivity contribution is 6.01. The minimum absolute atomic E-state index is 0.00473. The van der Waals surface area contributed by atoms with Gasteiger partial charge in [0.2, 0.25) is 5.91 Å². The van der Waals surface area contributed by atoms with E-state index in [2.05, 4.69) is 36.9 Å². The summed E-state index contributed by atoms with van der Waals surface area (Å²) in [7, 11) is 0. The Morgan fingerprint density at radius 2 is 1.97 bits per heavy atom. The van der Waals surface area contributed by atoms with Gasteiger partial charge in [-0.3, -0.25) is 21.0 Å². The first kappa shape index (κ1) is 26.1. The van der Waals surface area contributed by atoms with Gasteiger partial charge in [-0.15, -0.1) is 0 Å². The molecule has 1 aromatic rings. The molecule has 3 N–H and O–H groups in total. The van der Waals surface area contributed by atoms with Crippen molar-refractivity contribution in [2.75, 3.05) is 26.2 Å². The van der Waals surface area contributed by atoms with Crippen molar-refractivity contribution in [1.29, 1.82) is 0 Å². The minimum Gasteiger partial charge on any atom is -0.490 e. The second-order valence-corrected chi connectivity index (χ2v) is 9.03. The van der Waals surface area contributed by atoms with Crippen LogP contribution in [0.3, 0.4) is 0 Å². The first-order valence-electron chi connectivity index (χ1n) is 11.8. The fourth-order valence-electron chi connectivity index (χ4n) is 3.79. The normalized spacial score (nSPS) is 15.9. The van der Waals surface area contributed by atoms with Crippen LogP contribution in [-0.4, -0.2) is 43.1 Å². The Bertz CT molecular complexity index is 744. The van der Waals surface area contributed by atoms with E-state index in [9.17, 15) is 14.0 Å². The lowest BCUT2D eigenvalue weighted by molar-refractivity contribution is -0.118. The highest BCUT2D eigenvalue weighted by atomic mass is 19.1. The molecule has 1 saturated heterocycles. The van der Waals surface area contributed by atoms with Crippen molar-refractivity contribution in [3.8, 4) is 5.75 Å². The zero-order valence-electron chi connectivity index (χ0n) is 19.9. The average molecular weight is 451 g/mol. The average Bonchev–Trinajstić information content (AvgIpc) is 3.07. The highest BCUT2D eigenvalue weighted by Gasteiger charge is 2.25. The molecular formula is C24H39FN4O3. The first-order valence-corrected chi connectivity index (χ1v) is 11.8. The van der Waals surface area contributed by atoms with E-state index in [1.807, 2.05) is 6.92 Å². The number of hydrogen-bond donors (Lipinski definition) is 3. The lowest BCUT2D eigenvalue weighted by atomic mass is 9.96. The molecule has 2 atom stereocenters. The van der Waals surface area contributed by atoms with Crippen LogP contribution in [-0.2, 0) is 4.79 Å². The number of rotatable bonds is 15. The third-order valence-electron chi connectivity index (χ3n) is 5.73. The van der Waals surface area contributed by atoms with Gasteiger partial charge in [0, 0.05) is 19.1 Å². The van der Waals surface area contributed by atoms with Gasteiger partial charge in [-0.2, -0.15) is 0 Å². The zero-order valence-corrected chi connectivity index (χ0v) is 19.9. The Morgan fingerprint density at radius 3 is 2.62 bits per heavy atom. The van der Waals surface area contributed by atoms with Crippen molar-refractivity contribution in [1.82, 2.24) is 21.1 Å². The Morgan fingerprint density at radius 1 is 1.19 bits per heavy atom. The summed E-state index contributed by atoms with van der Waals surface area (Å²) in [6, 6.07) is 4.71. The Labute approximate surface area is 191 Å². The number of urea groups is 1. The number of nitrogens with one attached hydrogen (secondary N) is 3. The molecule has 8 heteroatoms. The zero-order chi connectivity index (χ0) is 23.5. The lowest BCUT2D eigenvalue weighted by Gasteiger charge is -2.20. The topological polar surface area (TPSA) is 82.7 Å². The summed E-state index contributed by atoms with van der Waals surface area (Å²) in [5.74, 6) is 0.768. The van der Waals surface area contributed by atoms with Crippen molar-refractivity contribution in [2.45, 2.75) is 65.8 Å². The smallest absolute Gasteiger partial charge is 0.324 e. The molecule has 180 valence electrons. The third kappa shape index (κ3) is 8.74. The molecule has 1 aliphatic heterocycles. The summed E-state index contributed by atoms with van der Waals surface area (Å²) in [6.07, 6.45) is 4.83. The van der Waals surface area contributed by atoms with Crippen molar-refractivity contribution in [3.63, 3.8) is 0 Å². The summed E-state index contributed by atoms with van der Waals surface area (Å²) >= 11 is 0. The molecule has 0 aromatic heterocycles. The Kier molecular flexibility index (Phi) is 10.9. The van der Waals surface area contributed by atoms with E-state index in [1.54, 1.807) is 12.1 Å². The summed E-state index contributed by atoms with van der Waals surface area (Å²) in [5.41, 5.74) is 7.41. The third-order valence-corrected chi connectivity index (χ3v) is 5.73. The fraction of sp³-hybridized carbons (Fsp3) is 0.667. The number of carbonyl (C=O) groups excluding carboxylic acids is 2. The number of hydrazine groups is 1. The van der Waals surface area contributed by atoms with Crippen LogP contribution in [0.4, 0.5) is 9.18 Å². The van der Waals surface area contributed by atoms with Gasteiger partial charge in [-0.1, -0.05) is 39.7 Å². The SMILES string of the molecule is CCC(COc1cc(C(C)NNCCCCCN2CC(=O)NC2=O)ccc1F)CC(C)C. The maximum Gasteiger partial charge on any atom is 0.324 e. The van der Waals surface area contributed by atoms with Crippen LogP contribution in [0.1, 0.15) is 71.4 Å². The molecule has 0 spiro atoms. The molecule has 0 bridgehead atoms. The van der Waals surface area contributed by atoms with E-state index in [-0.39, 0.29) is 30.3 Å². The number of benzene rings is 1. The number of unbranched alkanes of at least 4 members (excludes halogenated alkanes) is 2. The Balaban J connectivity index is 1.68. The standard InChI is InChI=1S/C24H39FN4O3/c1-5-19(13-17(2)3)16-32-22-14-20(9-10-21(22)25)18(4)28-26-11-7-6-8-12-29-15-23(30)27-24(29)31/h9-10,14,17-19,26,28H,5-8,11-13,15-16H2,1-4H3,(H,27,30,31). The molecule has 1 fully saturated rings. The number of imide groups is 1. The molecule has 7 nitrogen and oxygen atoms in total. The second-order valence-electron chi connectivity index (χ2n) is 9.03. The first-order chi connectivity index (χ1) is 15.3. The largest absolute Gasteiger partial charge is 0.490 e. The predicted octanol–water partition coefficient (Wildman–Crippen LogP) is 4.15. The molecule has 3 amide bonds. The molecule has 2 unspecified atom stereocenters. The van der Waals surface area contributed by atoms with E-state index < -0.39 is 0 Å². The molecule has 0 saturated carbocycles. The highest BCUT2D eigenvalue weighted by Crippen LogP contribution is 2.24. The van der Waals surface area contributed by atoms with Crippen LogP contribution in [0.25, 0.3) is 0 Å². The maximum atomic E-state index is 14.2. The van der Waals surface area contributed by atoms with Crippen LogP contribution in [0.15, 0.2) is 18.2 Å². The second kappa shape index (κ2) is 13.4. The van der Waals surface area contributed by atoms with E-state index in [1.165, 1.54) is 11.0 Å². The van der Waals surface area contributed by atoms with Crippen molar-refractivity contribution < 1.29 is 18.7 Å². The van der Waals surface area contributed by atoms with Gasteiger partial charge in [0.25, 0.3) is 0 Å². The lowest BCUT2D eigenvalue weighted by Crippen LogP contribution is -2.35. The number of ether oxygens (including phenoxy) is 1. The molecular weight excluding hydrogens is 411 g/mol. The summed E-state index contributed by atoms with van der Waals surface area (Å²) < 4.78 is 20.1. The van der Waals surface area contributed by atoms with Gasteiger partial charge in [-0.25, -0.2) is 9.18 Å².